The number of carbonyl (C=O) groups is 1. The molecule has 29 heavy (non-hydrogen) atoms. The Hall–Kier alpha value is -2.07. The Morgan fingerprint density at radius 2 is 2.10 bits per heavy atom. The van der Waals surface area contributed by atoms with Crippen LogP contribution in [0.2, 0.25) is 0 Å². The van der Waals surface area contributed by atoms with Gasteiger partial charge in [0.1, 0.15) is 12.4 Å². The fourth-order valence-corrected chi connectivity index (χ4v) is 3.84. The highest BCUT2D eigenvalue weighted by atomic mass is 127. The molecule has 3 aromatic rings. The third-order valence-corrected chi connectivity index (χ3v) is 5.64. The molecule has 0 unspecified atom stereocenters. The monoisotopic (exact) mass is 522 g/mol. The van der Waals surface area contributed by atoms with Crippen molar-refractivity contribution in [2.45, 2.75) is 38.5 Å². The van der Waals surface area contributed by atoms with Crippen molar-refractivity contribution in [3.8, 4) is 5.75 Å². The molecule has 1 aromatic heterocycles. The number of aromatic nitrogens is 3. The number of halogens is 1. The van der Waals surface area contributed by atoms with Crippen LogP contribution in [0.3, 0.4) is 0 Å². The summed E-state index contributed by atoms with van der Waals surface area (Å²) >= 11 is 3.57. The van der Waals surface area contributed by atoms with Gasteiger partial charge in [-0.3, -0.25) is 9.89 Å². The molecule has 0 fully saturated rings. The minimum absolute atomic E-state index is 0.0829. The number of amides is 1. The van der Waals surface area contributed by atoms with Crippen LogP contribution in [-0.4, -0.2) is 26.8 Å². The van der Waals surface area contributed by atoms with Crippen molar-refractivity contribution in [1.29, 1.82) is 0 Å². The van der Waals surface area contributed by atoms with Crippen LogP contribution in [0.5, 0.6) is 5.75 Å². The zero-order valence-corrected chi connectivity index (χ0v) is 19.5. The maximum atomic E-state index is 12.4. The van der Waals surface area contributed by atoms with Crippen LogP contribution in [0, 0.1) is 10.5 Å². The minimum Gasteiger partial charge on any atom is -0.486 e. The number of nitrogens with one attached hydrogen (secondary N) is 2. The molecular weight excluding hydrogens is 499 g/mol. The van der Waals surface area contributed by atoms with Crippen LogP contribution in [0.1, 0.15) is 36.7 Å². The van der Waals surface area contributed by atoms with Gasteiger partial charge < -0.3 is 10.1 Å². The Labute approximate surface area is 188 Å². The van der Waals surface area contributed by atoms with E-state index in [0.29, 0.717) is 23.5 Å². The maximum Gasteiger partial charge on any atom is 0.234 e. The normalized spacial score (nSPS) is 10.9. The second-order valence-corrected chi connectivity index (χ2v) is 9.08. The van der Waals surface area contributed by atoms with Gasteiger partial charge in [-0.25, -0.2) is 4.98 Å². The molecule has 0 aliphatic carbocycles. The number of hydrogen-bond donors (Lipinski definition) is 2. The molecule has 2 aromatic carbocycles. The van der Waals surface area contributed by atoms with Gasteiger partial charge in [-0.15, -0.1) is 5.10 Å². The number of nitrogens with zero attached hydrogens (tertiary/aromatic N) is 2. The third kappa shape index (κ3) is 6.46. The summed E-state index contributed by atoms with van der Waals surface area (Å²) in [5.41, 5.74) is 3.12. The topological polar surface area (TPSA) is 79.9 Å². The Morgan fingerprint density at radius 1 is 1.28 bits per heavy atom. The fraction of sp³-hybridized carbons (Fsp3) is 0.286. The Morgan fingerprint density at radius 3 is 2.86 bits per heavy atom. The number of thioether (sulfide) groups is 1. The van der Waals surface area contributed by atoms with Gasteiger partial charge in [0.05, 0.1) is 5.75 Å². The quantitative estimate of drug-likeness (QED) is 0.316. The first-order valence-corrected chi connectivity index (χ1v) is 11.3. The maximum absolute atomic E-state index is 12.4. The number of hydrogen-bond acceptors (Lipinski definition) is 5. The molecular formula is C21H23IN4O2S. The van der Waals surface area contributed by atoms with Gasteiger partial charge in [0.2, 0.25) is 11.1 Å². The average Bonchev–Trinajstić information content (AvgIpc) is 3.14. The molecule has 0 atom stereocenters. The van der Waals surface area contributed by atoms with E-state index in [1.54, 1.807) is 0 Å². The van der Waals surface area contributed by atoms with E-state index in [9.17, 15) is 4.79 Å². The molecule has 1 amide bonds. The van der Waals surface area contributed by atoms with Crippen LogP contribution in [0.15, 0.2) is 47.6 Å². The lowest BCUT2D eigenvalue weighted by Crippen LogP contribution is -2.15. The summed E-state index contributed by atoms with van der Waals surface area (Å²) < 4.78 is 6.87. The van der Waals surface area contributed by atoms with Crippen molar-refractivity contribution in [3.05, 3.63) is 63.0 Å². The van der Waals surface area contributed by atoms with Crippen molar-refractivity contribution in [2.75, 3.05) is 11.1 Å². The van der Waals surface area contributed by atoms with Crippen LogP contribution in [-0.2, 0) is 11.4 Å². The zero-order valence-electron chi connectivity index (χ0n) is 16.5. The van der Waals surface area contributed by atoms with Crippen molar-refractivity contribution >= 4 is 45.9 Å². The minimum atomic E-state index is -0.0829. The van der Waals surface area contributed by atoms with Gasteiger partial charge in [-0.05, 0) is 76.9 Å². The summed E-state index contributed by atoms with van der Waals surface area (Å²) in [6, 6.07) is 13.9. The van der Waals surface area contributed by atoms with Gasteiger partial charge in [0.25, 0.3) is 0 Å². The van der Waals surface area contributed by atoms with Crippen molar-refractivity contribution in [1.82, 2.24) is 15.2 Å². The van der Waals surface area contributed by atoms with E-state index < -0.39 is 0 Å². The van der Waals surface area contributed by atoms with Crippen LogP contribution < -0.4 is 10.1 Å². The fourth-order valence-electron chi connectivity index (χ4n) is 2.71. The second kappa shape index (κ2) is 10.1. The molecule has 152 valence electrons. The van der Waals surface area contributed by atoms with Crippen molar-refractivity contribution in [3.63, 3.8) is 0 Å². The molecule has 3 rings (SSSR count). The van der Waals surface area contributed by atoms with Crippen LogP contribution in [0.25, 0.3) is 0 Å². The number of anilines is 1. The van der Waals surface area contributed by atoms with E-state index in [0.717, 1.165) is 26.1 Å². The molecule has 0 spiro atoms. The van der Waals surface area contributed by atoms with E-state index in [-0.39, 0.29) is 11.7 Å². The van der Waals surface area contributed by atoms with Gasteiger partial charge in [-0.2, -0.15) is 0 Å². The summed E-state index contributed by atoms with van der Waals surface area (Å²) in [6.45, 7) is 6.54. The van der Waals surface area contributed by atoms with E-state index >= 15 is 0 Å². The molecule has 8 heteroatoms. The lowest BCUT2D eigenvalue weighted by Gasteiger charge is -2.14. The van der Waals surface area contributed by atoms with Gasteiger partial charge in [0, 0.05) is 9.26 Å². The zero-order chi connectivity index (χ0) is 20.8. The van der Waals surface area contributed by atoms with Crippen LogP contribution in [0.4, 0.5) is 5.69 Å². The average molecular weight is 522 g/mol. The first-order valence-electron chi connectivity index (χ1n) is 9.23. The molecule has 0 radical (unpaired) electrons. The molecule has 0 saturated carbocycles. The van der Waals surface area contributed by atoms with Crippen molar-refractivity contribution in [2.24, 2.45) is 0 Å². The van der Waals surface area contributed by atoms with Crippen molar-refractivity contribution < 1.29 is 9.53 Å². The van der Waals surface area contributed by atoms with Gasteiger partial charge >= 0.3 is 0 Å². The van der Waals surface area contributed by atoms with Gasteiger partial charge in [0.15, 0.2) is 5.82 Å². The van der Waals surface area contributed by atoms with Crippen LogP contribution >= 0.6 is 34.4 Å². The summed E-state index contributed by atoms with van der Waals surface area (Å²) in [5.74, 6) is 1.89. The SMILES string of the molecule is Cc1cccc(OCc2nc(SCC(=O)Nc3ccc(I)cc3C(C)C)n[nH]2)c1. The van der Waals surface area contributed by atoms with E-state index in [4.69, 9.17) is 4.74 Å². The Kier molecular flexibility index (Phi) is 7.54. The second-order valence-electron chi connectivity index (χ2n) is 6.89. The van der Waals surface area contributed by atoms with E-state index in [1.807, 2.05) is 43.3 Å². The predicted molar refractivity (Wildman–Crippen MR) is 124 cm³/mol. The highest BCUT2D eigenvalue weighted by Crippen LogP contribution is 2.26. The number of H-pyrrole nitrogens is 1. The Bertz CT molecular complexity index is 990. The summed E-state index contributed by atoms with van der Waals surface area (Å²) in [7, 11) is 0. The molecule has 0 aliphatic rings. The summed E-state index contributed by atoms with van der Waals surface area (Å²) in [4.78, 5) is 16.7. The Balaban J connectivity index is 1.51. The summed E-state index contributed by atoms with van der Waals surface area (Å²) in [6.07, 6.45) is 0. The molecule has 1 heterocycles. The number of carbonyl (C=O) groups excluding carboxylic acids is 1. The standard InChI is InChI=1S/C21H23IN4O2S/c1-13(2)17-10-15(22)7-8-18(17)23-20(27)12-29-21-24-19(25-26-21)11-28-16-6-4-5-14(3)9-16/h4-10,13H,11-12H2,1-3H3,(H,23,27)(H,24,25,26). The van der Waals surface area contributed by atoms with Gasteiger partial charge in [-0.1, -0.05) is 37.7 Å². The number of aryl methyl sites for hydroxylation is 1. The lowest BCUT2D eigenvalue weighted by molar-refractivity contribution is -0.113. The summed E-state index contributed by atoms with van der Waals surface area (Å²) in [5, 5.41) is 10.5. The highest BCUT2D eigenvalue weighted by Gasteiger charge is 2.12. The smallest absolute Gasteiger partial charge is 0.234 e. The number of aromatic amines is 1. The molecule has 0 aliphatic heterocycles. The number of ether oxygens (including phenoxy) is 1. The first kappa shape index (κ1) is 21.6. The van der Waals surface area contributed by atoms with E-state index in [1.165, 1.54) is 11.8 Å². The first-order chi connectivity index (χ1) is 13.9. The molecule has 0 bridgehead atoms. The van der Waals surface area contributed by atoms with E-state index in [2.05, 4.69) is 63.0 Å². The highest BCUT2D eigenvalue weighted by molar-refractivity contribution is 14.1. The largest absolute Gasteiger partial charge is 0.486 e. The lowest BCUT2D eigenvalue weighted by atomic mass is 10.0. The number of rotatable bonds is 8. The predicted octanol–water partition coefficient (Wildman–Crippen LogP) is 5.15. The molecule has 6 nitrogen and oxygen atoms in total. The molecule has 2 N–H and O–H groups in total. The third-order valence-electron chi connectivity index (χ3n) is 4.12. The number of benzene rings is 2. The molecule has 0 saturated heterocycles.